The molecular weight excluding hydrogens is 287 g/mol. The first-order valence-electron chi connectivity index (χ1n) is 6.08. The fraction of sp³-hybridized carbons (Fsp3) is 0.200. The Morgan fingerprint density at radius 2 is 1.55 bits per heavy atom. The van der Waals surface area contributed by atoms with Gasteiger partial charge >= 0.3 is 6.18 Å². The highest BCUT2D eigenvalue weighted by molar-refractivity contribution is 6.31. The van der Waals surface area contributed by atoms with E-state index in [2.05, 4.69) is 0 Å². The molecule has 20 heavy (non-hydrogen) atoms. The van der Waals surface area contributed by atoms with Crippen molar-refractivity contribution in [2.45, 2.75) is 12.6 Å². The number of rotatable bonds is 3. The number of hydrogen-bond donors (Lipinski definition) is 1. The Morgan fingerprint density at radius 1 is 0.950 bits per heavy atom. The molecule has 0 unspecified atom stereocenters. The Bertz CT molecular complexity index is 591. The average molecular weight is 300 g/mol. The second kappa shape index (κ2) is 5.85. The lowest BCUT2D eigenvalue weighted by Gasteiger charge is -2.09. The standard InChI is InChI=1S/C15H13ClF3N/c16-14-9-12(2-1-11(14)7-8-20)10-3-5-13(6-4-10)15(17,18)19/h1-6,9H,7-8,20H2. The highest BCUT2D eigenvalue weighted by atomic mass is 35.5. The van der Waals surface area contributed by atoms with Crippen LogP contribution in [0.3, 0.4) is 0 Å². The van der Waals surface area contributed by atoms with Crippen LogP contribution >= 0.6 is 11.6 Å². The molecule has 2 aromatic carbocycles. The lowest BCUT2D eigenvalue weighted by atomic mass is 10.0. The smallest absolute Gasteiger partial charge is 0.330 e. The summed E-state index contributed by atoms with van der Waals surface area (Å²) in [6.07, 6.45) is -3.65. The molecule has 2 N–H and O–H groups in total. The average Bonchev–Trinajstić information content (AvgIpc) is 2.40. The van der Waals surface area contributed by atoms with E-state index in [1.54, 1.807) is 6.07 Å². The second-order valence-electron chi connectivity index (χ2n) is 4.42. The summed E-state index contributed by atoms with van der Waals surface area (Å²) in [6, 6.07) is 10.4. The predicted molar refractivity (Wildman–Crippen MR) is 74.6 cm³/mol. The summed E-state index contributed by atoms with van der Waals surface area (Å²) in [6.45, 7) is 0.499. The third-order valence-corrected chi connectivity index (χ3v) is 3.36. The fourth-order valence-corrected chi connectivity index (χ4v) is 2.21. The first kappa shape index (κ1) is 14.9. The fourth-order valence-electron chi connectivity index (χ4n) is 1.94. The van der Waals surface area contributed by atoms with Crippen molar-refractivity contribution >= 4 is 11.6 Å². The molecule has 0 aliphatic carbocycles. The first-order valence-corrected chi connectivity index (χ1v) is 6.46. The highest BCUT2D eigenvalue weighted by Gasteiger charge is 2.29. The lowest BCUT2D eigenvalue weighted by molar-refractivity contribution is -0.137. The largest absolute Gasteiger partial charge is 0.416 e. The van der Waals surface area contributed by atoms with Crippen molar-refractivity contribution < 1.29 is 13.2 Å². The third-order valence-electron chi connectivity index (χ3n) is 3.01. The van der Waals surface area contributed by atoms with Gasteiger partial charge in [-0.2, -0.15) is 13.2 Å². The van der Waals surface area contributed by atoms with Crippen LogP contribution in [0.5, 0.6) is 0 Å². The Hall–Kier alpha value is -1.52. The van der Waals surface area contributed by atoms with Gasteiger partial charge in [-0.05, 0) is 47.9 Å². The molecule has 0 atom stereocenters. The van der Waals surface area contributed by atoms with E-state index in [4.69, 9.17) is 17.3 Å². The van der Waals surface area contributed by atoms with E-state index in [0.717, 1.165) is 23.3 Å². The topological polar surface area (TPSA) is 26.0 Å². The molecule has 0 amide bonds. The van der Waals surface area contributed by atoms with Crippen LogP contribution in [-0.2, 0) is 12.6 Å². The Kier molecular flexibility index (Phi) is 4.35. The van der Waals surface area contributed by atoms with Crippen molar-refractivity contribution in [3.63, 3.8) is 0 Å². The van der Waals surface area contributed by atoms with E-state index in [9.17, 15) is 13.2 Å². The summed E-state index contributed by atoms with van der Waals surface area (Å²) >= 11 is 6.13. The third kappa shape index (κ3) is 3.32. The van der Waals surface area contributed by atoms with Crippen molar-refractivity contribution in [3.05, 3.63) is 58.6 Å². The van der Waals surface area contributed by atoms with Crippen LogP contribution in [0.4, 0.5) is 13.2 Å². The van der Waals surface area contributed by atoms with Gasteiger partial charge in [0.25, 0.3) is 0 Å². The molecule has 5 heteroatoms. The summed E-state index contributed by atoms with van der Waals surface area (Å²) in [7, 11) is 0. The summed E-state index contributed by atoms with van der Waals surface area (Å²) in [4.78, 5) is 0. The van der Waals surface area contributed by atoms with Gasteiger partial charge in [0.05, 0.1) is 5.56 Å². The van der Waals surface area contributed by atoms with Gasteiger partial charge in [-0.25, -0.2) is 0 Å². The zero-order valence-corrected chi connectivity index (χ0v) is 11.3. The van der Waals surface area contributed by atoms with Crippen molar-refractivity contribution in [1.29, 1.82) is 0 Å². The molecule has 0 aliphatic rings. The lowest BCUT2D eigenvalue weighted by Crippen LogP contribution is -2.04. The number of benzene rings is 2. The highest BCUT2D eigenvalue weighted by Crippen LogP contribution is 2.32. The molecule has 0 spiro atoms. The van der Waals surface area contributed by atoms with Gasteiger partial charge in [0, 0.05) is 5.02 Å². The molecular formula is C15H13ClF3N. The van der Waals surface area contributed by atoms with Crippen LogP contribution in [0, 0.1) is 0 Å². The summed E-state index contributed by atoms with van der Waals surface area (Å²) in [5.41, 5.74) is 7.22. The quantitative estimate of drug-likeness (QED) is 0.885. The zero-order valence-electron chi connectivity index (χ0n) is 10.5. The van der Waals surface area contributed by atoms with E-state index in [0.29, 0.717) is 23.6 Å². The first-order chi connectivity index (χ1) is 9.41. The van der Waals surface area contributed by atoms with Gasteiger partial charge in [-0.3, -0.25) is 0 Å². The number of nitrogens with two attached hydrogens (primary N) is 1. The van der Waals surface area contributed by atoms with Crippen LogP contribution in [0.2, 0.25) is 5.02 Å². The van der Waals surface area contributed by atoms with Gasteiger partial charge in [0.1, 0.15) is 0 Å². The van der Waals surface area contributed by atoms with Crippen LogP contribution in [0.1, 0.15) is 11.1 Å². The minimum atomic E-state index is -4.32. The SMILES string of the molecule is NCCc1ccc(-c2ccc(C(F)(F)F)cc2)cc1Cl. The van der Waals surface area contributed by atoms with Crippen molar-refractivity contribution in [1.82, 2.24) is 0 Å². The molecule has 0 heterocycles. The van der Waals surface area contributed by atoms with E-state index < -0.39 is 11.7 Å². The van der Waals surface area contributed by atoms with E-state index in [-0.39, 0.29) is 0 Å². The van der Waals surface area contributed by atoms with Gasteiger partial charge < -0.3 is 5.73 Å². The monoisotopic (exact) mass is 299 g/mol. The normalized spacial score (nSPS) is 11.7. The molecule has 2 rings (SSSR count). The van der Waals surface area contributed by atoms with Crippen molar-refractivity contribution in [2.75, 3.05) is 6.54 Å². The number of hydrogen-bond acceptors (Lipinski definition) is 1. The maximum atomic E-state index is 12.5. The van der Waals surface area contributed by atoms with Crippen LogP contribution in [0.15, 0.2) is 42.5 Å². The Morgan fingerprint density at radius 3 is 2.05 bits per heavy atom. The number of halogens is 4. The van der Waals surface area contributed by atoms with Crippen molar-refractivity contribution in [2.24, 2.45) is 5.73 Å². The van der Waals surface area contributed by atoms with E-state index >= 15 is 0 Å². The summed E-state index contributed by atoms with van der Waals surface area (Å²) < 4.78 is 37.5. The molecule has 0 saturated carbocycles. The molecule has 0 saturated heterocycles. The minimum absolute atomic E-state index is 0.499. The molecule has 106 valence electrons. The molecule has 0 bridgehead atoms. The molecule has 0 aliphatic heterocycles. The maximum absolute atomic E-state index is 12.5. The molecule has 2 aromatic rings. The Labute approximate surface area is 120 Å². The molecule has 0 fully saturated rings. The number of alkyl halides is 3. The van der Waals surface area contributed by atoms with E-state index in [1.807, 2.05) is 12.1 Å². The van der Waals surface area contributed by atoms with Gasteiger partial charge in [-0.15, -0.1) is 0 Å². The summed E-state index contributed by atoms with van der Waals surface area (Å²) in [5.74, 6) is 0. The second-order valence-corrected chi connectivity index (χ2v) is 4.83. The van der Waals surface area contributed by atoms with E-state index in [1.165, 1.54) is 12.1 Å². The van der Waals surface area contributed by atoms with Gasteiger partial charge in [-0.1, -0.05) is 35.9 Å². The van der Waals surface area contributed by atoms with Gasteiger partial charge in [0.15, 0.2) is 0 Å². The predicted octanol–water partition coefficient (Wildman–Crippen LogP) is 4.53. The zero-order chi connectivity index (χ0) is 14.8. The molecule has 1 nitrogen and oxygen atoms in total. The summed E-state index contributed by atoms with van der Waals surface area (Å²) in [5, 5.41) is 0.577. The van der Waals surface area contributed by atoms with Gasteiger partial charge in [0.2, 0.25) is 0 Å². The minimum Gasteiger partial charge on any atom is -0.330 e. The maximum Gasteiger partial charge on any atom is 0.416 e. The Balaban J connectivity index is 2.30. The van der Waals surface area contributed by atoms with Crippen LogP contribution in [0.25, 0.3) is 11.1 Å². The van der Waals surface area contributed by atoms with Crippen LogP contribution < -0.4 is 5.73 Å². The molecule has 0 aromatic heterocycles. The van der Waals surface area contributed by atoms with Crippen molar-refractivity contribution in [3.8, 4) is 11.1 Å². The van der Waals surface area contributed by atoms with Crippen LogP contribution in [-0.4, -0.2) is 6.54 Å². The molecule has 0 radical (unpaired) electrons.